The van der Waals surface area contributed by atoms with Crippen LogP contribution in [0.5, 0.6) is 0 Å². The van der Waals surface area contributed by atoms with Gasteiger partial charge in [0.05, 0.1) is 0 Å². The first kappa shape index (κ1) is 30.2. The summed E-state index contributed by atoms with van der Waals surface area (Å²) in [6.45, 7) is 0. The van der Waals surface area contributed by atoms with Gasteiger partial charge in [0, 0.05) is 91.3 Å². The van der Waals surface area contributed by atoms with Crippen molar-refractivity contribution < 1.29 is 4.42 Å². The predicted octanol–water partition coefficient (Wildman–Crippen LogP) is 15.3. The van der Waals surface area contributed by atoms with Crippen molar-refractivity contribution in [3.8, 4) is 0 Å². The number of para-hydroxylation sites is 3. The van der Waals surface area contributed by atoms with Crippen molar-refractivity contribution in [3.63, 3.8) is 0 Å². The lowest BCUT2D eigenvalue weighted by atomic mass is 10.1. The summed E-state index contributed by atoms with van der Waals surface area (Å²) in [5.41, 5.74) is 8.47. The number of furan rings is 1. The third kappa shape index (κ3) is 5.01. The number of rotatable bonds is 6. The molecule has 3 heterocycles. The molecule has 0 aliphatic rings. The average Bonchev–Trinajstić information content (AvgIpc) is 3.89. The Bertz CT molecular complexity index is 3140. The molecule has 0 N–H and O–H groups in total. The Morgan fingerprint density at radius 1 is 0.283 bits per heavy atom. The molecule has 8 aromatic carbocycles. The van der Waals surface area contributed by atoms with Crippen molar-refractivity contribution in [1.82, 2.24) is 0 Å². The van der Waals surface area contributed by atoms with E-state index >= 15 is 0 Å². The average molecular weight is 715 g/mol. The normalized spacial score (nSPS) is 11.8. The second-order valence-electron chi connectivity index (χ2n) is 13.4. The summed E-state index contributed by atoms with van der Waals surface area (Å²) in [6, 6.07) is 65.4. The first-order chi connectivity index (χ1) is 26.2. The molecule has 0 aliphatic carbocycles. The number of anilines is 6. The van der Waals surface area contributed by atoms with Gasteiger partial charge in [-0.15, -0.1) is 22.7 Å². The van der Waals surface area contributed by atoms with Crippen LogP contribution in [-0.2, 0) is 0 Å². The van der Waals surface area contributed by atoms with Crippen molar-refractivity contribution in [3.05, 3.63) is 182 Å². The van der Waals surface area contributed by atoms with Crippen LogP contribution in [0, 0.1) is 0 Å². The van der Waals surface area contributed by atoms with Crippen LogP contribution in [0.15, 0.2) is 186 Å². The summed E-state index contributed by atoms with van der Waals surface area (Å²) in [5, 5.41) is 7.39. The van der Waals surface area contributed by atoms with Gasteiger partial charge in [0.15, 0.2) is 0 Å². The Balaban J connectivity index is 1.03. The molecule has 11 aromatic rings. The van der Waals surface area contributed by atoms with Gasteiger partial charge >= 0.3 is 0 Å². The topological polar surface area (TPSA) is 19.6 Å². The lowest BCUT2D eigenvalue weighted by molar-refractivity contribution is 0.669. The van der Waals surface area contributed by atoms with Crippen molar-refractivity contribution >= 4 is 119 Å². The van der Waals surface area contributed by atoms with E-state index in [1.54, 1.807) is 0 Å². The van der Waals surface area contributed by atoms with Crippen LogP contribution in [0.2, 0.25) is 0 Å². The van der Waals surface area contributed by atoms with Crippen LogP contribution in [0.25, 0.3) is 62.3 Å². The van der Waals surface area contributed by atoms with Crippen LogP contribution < -0.4 is 9.80 Å². The third-order valence-corrected chi connectivity index (χ3v) is 12.5. The summed E-state index contributed by atoms with van der Waals surface area (Å²) >= 11 is 3.70. The second-order valence-corrected chi connectivity index (χ2v) is 15.5. The summed E-state index contributed by atoms with van der Waals surface area (Å²) in [6.07, 6.45) is 0. The van der Waals surface area contributed by atoms with Crippen molar-refractivity contribution in [2.45, 2.75) is 0 Å². The second kappa shape index (κ2) is 12.1. The van der Waals surface area contributed by atoms with E-state index in [2.05, 4.69) is 180 Å². The molecule has 3 aromatic heterocycles. The molecule has 250 valence electrons. The number of fused-ring (bicyclic) bond motifs is 9. The summed E-state index contributed by atoms with van der Waals surface area (Å²) in [4.78, 5) is 4.70. The van der Waals surface area contributed by atoms with Crippen LogP contribution in [0.3, 0.4) is 0 Å². The van der Waals surface area contributed by atoms with Gasteiger partial charge in [-0.3, -0.25) is 0 Å². The number of benzene rings is 8. The minimum atomic E-state index is 0.883. The van der Waals surface area contributed by atoms with Gasteiger partial charge in [-0.25, -0.2) is 0 Å². The fourth-order valence-electron chi connectivity index (χ4n) is 7.79. The monoisotopic (exact) mass is 714 g/mol. The minimum Gasteiger partial charge on any atom is -0.456 e. The molecule has 0 saturated carbocycles. The summed E-state index contributed by atoms with van der Waals surface area (Å²) in [7, 11) is 0. The van der Waals surface area contributed by atoms with Crippen molar-refractivity contribution in [2.75, 3.05) is 9.80 Å². The minimum absolute atomic E-state index is 0.883. The maximum atomic E-state index is 6.33. The third-order valence-electron chi connectivity index (χ3n) is 10.2. The van der Waals surface area contributed by atoms with Gasteiger partial charge in [0.1, 0.15) is 11.2 Å². The number of hydrogen-bond acceptors (Lipinski definition) is 5. The van der Waals surface area contributed by atoms with Crippen LogP contribution in [-0.4, -0.2) is 0 Å². The van der Waals surface area contributed by atoms with E-state index in [-0.39, 0.29) is 0 Å². The lowest BCUT2D eigenvalue weighted by Crippen LogP contribution is -2.09. The largest absolute Gasteiger partial charge is 0.456 e. The molecular weight excluding hydrogens is 685 g/mol. The van der Waals surface area contributed by atoms with Gasteiger partial charge in [0.2, 0.25) is 0 Å². The molecule has 5 heteroatoms. The predicted molar refractivity (Wildman–Crippen MR) is 229 cm³/mol. The van der Waals surface area contributed by atoms with Gasteiger partial charge in [0.25, 0.3) is 0 Å². The molecular formula is C48H30N2OS2. The van der Waals surface area contributed by atoms with Gasteiger partial charge < -0.3 is 14.2 Å². The molecule has 0 bridgehead atoms. The lowest BCUT2D eigenvalue weighted by Gasteiger charge is -2.26. The maximum absolute atomic E-state index is 6.33. The van der Waals surface area contributed by atoms with Gasteiger partial charge in [-0.1, -0.05) is 84.9 Å². The molecule has 0 aliphatic heterocycles. The van der Waals surface area contributed by atoms with E-state index in [9.17, 15) is 0 Å². The fraction of sp³-hybridized carbons (Fsp3) is 0. The molecule has 0 spiro atoms. The zero-order valence-corrected chi connectivity index (χ0v) is 30.1. The molecule has 11 rings (SSSR count). The van der Waals surface area contributed by atoms with Crippen LogP contribution in [0.4, 0.5) is 34.1 Å². The number of hydrogen-bond donors (Lipinski definition) is 0. The molecule has 0 radical (unpaired) electrons. The van der Waals surface area contributed by atoms with Crippen LogP contribution in [0.1, 0.15) is 0 Å². The maximum Gasteiger partial charge on any atom is 0.137 e. The number of nitrogens with zero attached hydrogens (tertiary/aromatic N) is 2. The molecule has 0 fully saturated rings. The Morgan fingerprint density at radius 2 is 0.736 bits per heavy atom. The molecule has 3 nitrogen and oxygen atoms in total. The van der Waals surface area contributed by atoms with E-state index < -0.39 is 0 Å². The smallest absolute Gasteiger partial charge is 0.137 e. The van der Waals surface area contributed by atoms with Gasteiger partial charge in [-0.05, 0) is 91.0 Å². The Kier molecular flexibility index (Phi) is 6.90. The highest BCUT2D eigenvalue weighted by molar-refractivity contribution is 7.26. The highest BCUT2D eigenvalue weighted by Gasteiger charge is 2.19. The zero-order valence-electron chi connectivity index (χ0n) is 28.4. The fourth-order valence-corrected chi connectivity index (χ4v) is 10.0. The zero-order chi connectivity index (χ0) is 34.9. The first-order valence-corrected chi connectivity index (χ1v) is 19.4. The molecule has 0 unspecified atom stereocenters. The van der Waals surface area contributed by atoms with E-state index in [1.807, 2.05) is 34.8 Å². The standard InChI is InChI=1S/C48H30N2OS2/c1-3-11-31(12-4-1)49(34-19-23-38-37-15-7-9-17-43(37)51-44(38)28-34)33-22-26-46-42(27-33)41-25-21-36(30-48(41)53-46)50(32-13-5-2-6-14-32)35-20-24-40-39-16-8-10-18-45(39)52-47(40)29-35/h1-30H. The SMILES string of the molecule is c1ccc(N(c2ccc3c(c2)sc2ccccc23)c2ccc3c(c2)sc2ccc(N(c4ccccc4)c4ccc5c(c4)oc4ccccc45)cc23)cc1. The number of thiophene rings is 2. The Hall–Kier alpha value is -6.40. The van der Waals surface area contributed by atoms with Crippen molar-refractivity contribution in [1.29, 1.82) is 0 Å². The first-order valence-electron chi connectivity index (χ1n) is 17.7. The highest BCUT2D eigenvalue weighted by atomic mass is 32.1. The molecule has 0 saturated heterocycles. The van der Waals surface area contributed by atoms with Crippen molar-refractivity contribution in [2.24, 2.45) is 0 Å². The molecule has 0 atom stereocenters. The summed E-state index contributed by atoms with van der Waals surface area (Å²) < 4.78 is 11.5. The van der Waals surface area contributed by atoms with E-state index in [0.29, 0.717) is 0 Å². The van der Waals surface area contributed by atoms with Gasteiger partial charge in [-0.2, -0.15) is 0 Å². The Morgan fingerprint density at radius 3 is 1.42 bits per heavy atom. The molecule has 0 amide bonds. The van der Waals surface area contributed by atoms with E-state index in [0.717, 1.165) is 56.1 Å². The highest BCUT2D eigenvalue weighted by Crippen LogP contribution is 2.45. The summed E-state index contributed by atoms with van der Waals surface area (Å²) in [5.74, 6) is 0. The quantitative estimate of drug-likeness (QED) is 0.171. The molecule has 53 heavy (non-hydrogen) atoms. The van der Waals surface area contributed by atoms with Crippen LogP contribution >= 0.6 is 22.7 Å². The Labute approximate surface area is 313 Å². The van der Waals surface area contributed by atoms with E-state index in [4.69, 9.17) is 4.42 Å². The van der Waals surface area contributed by atoms with E-state index in [1.165, 1.54) is 40.3 Å².